The molecule has 5 rings (SSSR count). The standard InChI is InChI=1S/C23H30ClN3O.C6H8N2/c24-22-16-26-23(27-19-6-2-1-3-7-19)14-21(22)18-5-4-8-20(13-18)25-15-17-9-11-28-12-10-17;7-5-6-3-1-2-4-8-6/h4-5,8,13-14,16-17,19,25H,1-3,6-7,9-12,15H2,(H,26,27);1-4H,5,7H2. The summed E-state index contributed by atoms with van der Waals surface area (Å²) in [6.45, 7) is 3.29. The Morgan fingerprint density at radius 1 is 0.944 bits per heavy atom. The molecule has 1 aliphatic heterocycles. The summed E-state index contributed by atoms with van der Waals surface area (Å²) in [6.07, 6.45) is 12.2. The van der Waals surface area contributed by atoms with Crippen molar-refractivity contribution in [1.82, 2.24) is 9.97 Å². The molecule has 1 aromatic carbocycles. The summed E-state index contributed by atoms with van der Waals surface area (Å²) in [6, 6.07) is 16.8. The van der Waals surface area contributed by atoms with Gasteiger partial charge in [0.25, 0.3) is 0 Å². The molecule has 0 bridgehead atoms. The van der Waals surface area contributed by atoms with Gasteiger partial charge in [-0.3, -0.25) is 4.98 Å². The molecule has 0 radical (unpaired) electrons. The van der Waals surface area contributed by atoms with E-state index in [1.165, 1.54) is 32.1 Å². The van der Waals surface area contributed by atoms with Gasteiger partial charge in [0.05, 0.1) is 10.7 Å². The molecular formula is C29H38ClN5O. The highest BCUT2D eigenvalue weighted by atomic mass is 35.5. The third kappa shape index (κ3) is 8.19. The summed E-state index contributed by atoms with van der Waals surface area (Å²) in [5.74, 6) is 1.61. The second-order valence-corrected chi connectivity index (χ2v) is 9.98. The Morgan fingerprint density at radius 3 is 2.50 bits per heavy atom. The van der Waals surface area contributed by atoms with Crippen molar-refractivity contribution >= 4 is 23.1 Å². The second kappa shape index (κ2) is 14.2. The zero-order valence-corrected chi connectivity index (χ0v) is 21.7. The Kier molecular flexibility index (Phi) is 10.4. The van der Waals surface area contributed by atoms with Gasteiger partial charge < -0.3 is 21.1 Å². The van der Waals surface area contributed by atoms with Crippen molar-refractivity contribution in [3.8, 4) is 11.1 Å². The van der Waals surface area contributed by atoms with E-state index in [9.17, 15) is 0 Å². The van der Waals surface area contributed by atoms with Gasteiger partial charge in [0.2, 0.25) is 0 Å². The topological polar surface area (TPSA) is 85.1 Å². The van der Waals surface area contributed by atoms with E-state index in [2.05, 4.69) is 50.9 Å². The van der Waals surface area contributed by atoms with Gasteiger partial charge in [0.1, 0.15) is 5.82 Å². The van der Waals surface area contributed by atoms with E-state index in [-0.39, 0.29) is 0 Å². The van der Waals surface area contributed by atoms with Gasteiger partial charge in [-0.1, -0.05) is 49.1 Å². The number of rotatable bonds is 7. The lowest BCUT2D eigenvalue weighted by atomic mass is 9.95. The van der Waals surface area contributed by atoms with E-state index < -0.39 is 0 Å². The van der Waals surface area contributed by atoms with Gasteiger partial charge in [-0.25, -0.2) is 4.98 Å². The number of pyridine rings is 2. The van der Waals surface area contributed by atoms with Crippen molar-refractivity contribution in [2.24, 2.45) is 11.7 Å². The lowest BCUT2D eigenvalue weighted by Gasteiger charge is -2.23. The highest BCUT2D eigenvalue weighted by Gasteiger charge is 2.16. The van der Waals surface area contributed by atoms with E-state index in [1.54, 1.807) is 12.4 Å². The first-order valence-electron chi connectivity index (χ1n) is 13.2. The highest BCUT2D eigenvalue weighted by Crippen LogP contribution is 2.32. The van der Waals surface area contributed by atoms with Crippen LogP contribution in [0.2, 0.25) is 5.02 Å². The fourth-order valence-electron chi connectivity index (χ4n) is 4.72. The maximum Gasteiger partial charge on any atom is 0.126 e. The lowest BCUT2D eigenvalue weighted by Crippen LogP contribution is -2.22. The zero-order valence-electron chi connectivity index (χ0n) is 21.0. The van der Waals surface area contributed by atoms with Crippen molar-refractivity contribution in [3.05, 3.63) is 71.6 Å². The van der Waals surface area contributed by atoms with Gasteiger partial charge in [-0.05, 0) is 67.5 Å². The minimum atomic E-state index is 0.529. The Labute approximate surface area is 220 Å². The number of benzene rings is 1. The first-order chi connectivity index (χ1) is 17.7. The van der Waals surface area contributed by atoms with E-state index in [1.807, 2.05) is 18.2 Å². The number of halogens is 1. The predicted octanol–water partition coefficient (Wildman–Crippen LogP) is 6.53. The molecule has 1 saturated heterocycles. The van der Waals surface area contributed by atoms with E-state index >= 15 is 0 Å². The van der Waals surface area contributed by atoms with Crippen molar-refractivity contribution in [1.29, 1.82) is 0 Å². The third-order valence-electron chi connectivity index (χ3n) is 6.86. The fraction of sp³-hybridized carbons (Fsp3) is 0.448. The zero-order chi connectivity index (χ0) is 25.0. The van der Waals surface area contributed by atoms with Gasteiger partial charge >= 0.3 is 0 Å². The maximum absolute atomic E-state index is 6.50. The smallest absolute Gasteiger partial charge is 0.126 e. The normalized spacial score (nSPS) is 16.6. The Morgan fingerprint density at radius 2 is 1.78 bits per heavy atom. The monoisotopic (exact) mass is 507 g/mol. The Bertz CT molecular complexity index is 1050. The summed E-state index contributed by atoms with van der Waals surface area (Å²) in [5, 5.41) is 7.89. The Hall–Kier alpha value is -2.67. The van der Waals surface area contributed by atoms with Crippen LogP contribution in [-0.4, -0.2) is 35.8 Å². The molecule has 0 amide bonds. The number of ether oxygens (including phenoxy) is 1. The average Bonchev–Trinajstić information content (AvgIpc) is 2.95. The molecule has 1 saturated carbocycles. The Balaban J connectivity index is 0.000000325. The van der Waals surface area contributed by atoms with Crippen LogP contribution in [0.25, 0.3) is 11.1 Å². The second-order valence-electron chi connectivity index (χ2n) is 9.57. The molecule has 0 unspecified atom stereocenters. The molecule has 3 heterocycles. The summed E-state index contributed by atoms with van der Waals surface area (Å²) in [4.78, 5) is 8.48. The van der Waals surface area contributed by atoms with Crippen LogP contribution in [0.15, 0.2) is 60.9 Å². The largest absolute Gasteiger partial charge is 0.385 e. The van der Waals surface area contributed by atoms with Crippen LogP contribution in [0.1, 0.15) is 50.6 Å². The fourth-order valence-corrected chi connectivity index (χ4v) is 4.94. The molecular weight excluding hydrogens is 470 g/mol. The molecule has 2 fully saturated rings. The molecule has 7 heteroatoms. The summed E-state index contributed by atoms with van der Waals surface area (Å²) in [7, 11) is 0. The van der Waals surface area contributed by atoms with E-state index in [0.717, 1.165) is 60.9 Å². The molecule has 192 valence electrons. The molecule has 6 nitrogen and oxygen atoms in total. The number of nitrogens with one attached hydrogen (secondary N) is 2. The van der Waals surface area contributed by atoms with Crippen LogP contribution in [-0.2, 0) is 11.3 Å². The first kappa shape index (κ1) is 26.4. The quantitative estimate of drug-likeness (QED) is 0.337. The minimum Gasteiger partial charge on any atom is -0.385 e. The van der Waals surface area contributed by atoms with E-state index in [0.29, 0.717) is 23.5 Å². The SMILES string of the molecule is Clc1cnc(NC2CCCCC2)cc1-c1cccc(NCC2CCOCC2)c1.NCc1ccccn1. The number of nitrogens with zero attached hydrogens (tertiary/aromatic N) is 2. The molecule has 0 atom stereocenters. The average molecular weight is 508 g/mol. The van der Waals surface area contributed by atoms with Crippen LogP contribution in [0.3, 0.4) is 0 Å². The van der Waals surface area contributed by atoms with Crippen LogP contribution in [0, 0.1) is 5.92 Å². The summed E-state index contributed by atoms with van der Waals surface area (Å²) >= 11 is 6.50. The molecule has 0 spiro atoms. The summed E-state index contributed by atoms with van der Waals surface area (Å²) < 4.78 is 5.45. The lowest BCUT2D eigenvalue weighted by molar-refractivity contribution is 0.0699. The van der Waals surface area contributed by atoms with Crippen LogP contribution in [0.5, 0.6) is 0 Å². The third-order valence-corrected chi connectivity index (χ3v) is 7.16. The molecule has 3 aromatic rings. The summed E-state index contributed by atoms with van der Waals surface area (Å²) in [5.41, 5.74) is 9.52. The van der Waals surface area contributed by atoms with Crippen LogP contribution < -0.4 is 16.4 Å². The van der Waals surface area contributed by atoms with Crippen LogP contribution >= 0.6 is 11.6 Å². The van der Waals surface area contributed by atoms with Crippen molar-refractivity contribution in [3.63, 3.8) is 0 Å². The van der Waals surface area contributed by atoms with Crippen molar-refractivity contribution in [2.45, 2.75) is 57.5 Å². The molecule has 36 heavy (non-hydrogen) atoms. The number of nitrogens with two attached hydrogens (primary N) is 1. The van der Waals surface area contributed by atoms with Gasteiger partial charge in [0, 0.05) is 56.0 Å². The molecule has 2 aliphatic rings. The number of anilines is 2. The van der Waals surface area contributed by atoms with Crippen molar-refractivity contribution in [2.75, 3.05) is 30.4 Å². The van der Waals surface area contributed by atoms with E-state index in [4.69, 9.17) is 22.1 Å². The first-order valence-corrected chi connectivity index (χ1v) is 13.5. The number of aromatic nitrogens is 2. The van der Waals surface area contributed by atoms with Gasteiger partial charge in [-0.2, -0.15) is 0 Å². The number of hydrogen-bond donors (Lipinski definition) is 3. The maximum atomic E-state index is 6.50. The van der Waals surface area contributed by atoms with Gasteiger partial charge in [-0.15, -0.1) is 0 Å². The van der Waals surface area contributed by atoms with Crippen molar-refractivity contribution < 1.29 is 4.74 Å². The predicted molar refractivity (Wildman–Crippen MR) is 149 cm³/mol. The molecule has 1 aliphatic carbocycles. The molecule has 4 N–H and O–H groups in total. The highest BCUT2D eigenvalue weighted by molar-refractivity contribution is 6.33. The van der Waals surface area contributed by atoms with Crippen LogP contribution in [0.4, 0.5) is 11.5 Å². The van der Waals surface area contributed by atoms with Gasteiger partial charge in [0.15, 0.2) is 0 Å². The number of hydrogen-bond acceptors (Lipinski definition) is 6. The minimum absolute atomic E-state index is 0.529. The molecule has 2 aromatic heterocycles.